The summed E-state index contributed by atoms with van der Waals surface area (Å²) in [6.07, 6.45) is 2.12. The lowest BCUT2D eigenvalue weighted by Gasteiger charge is -2.12. The predicted octanol–water partition coefficient (Wildman–Crippen LogP) is 3.58. The Balaban J connectivity index is 2.59. The molecule has 20 heavy (non-hydrogen) atoms. The first kappa shape index (κ1) is 14.4. The lowest BCUT2D eigenvalue weighted by molar-refractivity contribution is 0.415. The highest BCUT2D eigenvalue weighted by molar-refractivity contribution is 5.78. The molecule has 1 aromatic carbocycles. The van der Waals surface area contributed by atoms with E-state index in [2.05, 4.69) is 25.0 Å². The molecule has 4 heteroatoms. The summed E-state index contributed by atoms with van der Waals surface area (Å²) in [6, 6.07) is 7.99. The molecule has 0 aliphatic rings. The molecule has 0 radical (unpaired) electrons. The number of aryl methyl sites for hydroxylation is 1. The van der Waals surface area contributed by atoms with Crippen LogP contribution >= 0.6 is 0 Å². The summed E-state index contributed by atoms with van der Waals surface area (Å²) in [5.74, 6) is 1.97. The molecule has 0 saturated heterocycles. The smallest absolute Gasteiger partial charge is 0.129 e. The predicted molar refractivity (Wildman–Crippen MR) is 82.9 cm³/mol. The number of nitrogen functional groups attached to an aromatic ring is 1. The molecule has 2 rings (SSSR count). The molecule has 108 valence electrons. The first-order valence-electron chi connectivity index (χ1n) is 7.09. The van der Waals surface area contributed by atoms with E-state index in [1.807, 2.05) is 25.2 Å². The molecule has 2 aromatic rings. The minimum absolute atomic E-state index is 0.430. The van der Waals surface area contributed by atoms with Gasteiger partial charge in [-0.15, -0.1) is 0 Å². The SMILES string of the molecule is CCC(CC)c1nn(C)c(N)c1-c1cccc(OC)c1. The van der Waals surface area contributed by atoms with Crippen molar-refractivity contribution in [2.45, 2.75) is 32.6 Å². The van der Waals surface area contributed by atoms with Crippen LogP contribution in [0.2, 0.25) is 0 Å². The van der Waals surface area contributed by atoms with Crippen molar-refractivity contribution in [2.75, 3.05) is 12.8 Å². The number of methoxy groups -OCH3 is 1. The zero-order valence-corrected chi connectivity index (χ0v) is 12.7. The fourth-order valence-electron chi connectivity index (χ4n) is 2.59. The van der Waals surface area contributed by atoms with Crippen molar-refractivity contribution in [1.82, 2.24) is 9.78 Å². The standard InChI is InChI=1S/C16H23N3O/c1-5-11(6-2)15-14(16(17)19(3)18-15)12-8-7-9-13(10-12)20-4/h7-11H,5-6,17H2,1-4H3. The van der Waals surface area contributed by atoms with Crippen molar-refractivity contribution < 1.29 is 4.74 Å². The van der Waals surface area contributed by atoms with Gasteiger partial charge >= 0.3 is 0 Å². The van der Waals surface area contributed by atoms with Crippen LogP contribution in [0.5, 0.6) is 5.75 Å². The maximum Gasteiger partial charge on any atom is 0.129 e. The van der Waals surface area contributed by atoms with E-state index in [9.17, 15) is 0 Å². The van der Waals surface area contributed by atoms with E-state index < -0.39 is 0 Å². The van der Waals surface area contributed by atoms with E-state index in [0.717, 1.165) is 35.4 Å². The molecule has 0 unspecified atom stereocenters. The Bertz CT molecular complexity index is 585. The molecule has 0 bridgehead atoms. The monoisotopic (exact) mass is 273 g/mol. The Kier molecular flexibility index (Phi) is 4.32. The molecule has 0 spiro atoms. The number of benzene rings is 1. The zero-order chi connectivity index (χ0) is 14.7. The molecule has 0 fully saturated rings. The highest BCUT2D eigenvalue weighted by atomic mass is 16.5. The second-order valence-corrected chi connectivity index (χ2v) is 5.01. The maximum absolute atomic E-state index is 6.23. The van der Waals surface area contributed by atoms with Crippen LogP contribution < -0.4 is 10.5 Å². The summed E-state index contributed by atoms with van der Waals surface area (Å²) in [5, 5.41) is 4.63. The van der Waals surface area contributed by atoms with Crippen LogP contribution in [0.25, 0.3) is 11.1 Å². The van der Waals surface area contributed by atoms with Gasteiger partial charge < -0.3 is 10.5 Å². The maximum atomic E-state index is 6.23. The van der Waals surface area contributed by atoms with Crippen LogP contribution in [0.15, 0.2) is 24.3 Å². The van der Waals surface area contributed by atoms with Gasteiger partial charge in [-0.1, -0.05) is 26.0 Å². The van der Waals surface area contributed by atoms with E-state index in [4.69, 9.17) is 10.5 Å². The molecule has 1 aromatic heterocycles. The van der Waals surface area contributed by atoms with Crippen molar-refractivity contribution in [3.05, 3.63) is 30.0 Å². The Morgan fingerprint density at radius 3 is 2.60 bits per heavy atom. The normalized spacial score (nSPS) is 11.1. The second-order valence-electron chi connectivity index (χ2n) is 5.01. The lowest BCUT2D eigenvalue weighted by Crippen LogP contribution is -1.99. The van der Waals surface area contributed by atoms with Gasteiger partial charge in [-0.3, -0.25) is 4.68 Å². The topological polar surface area (TPSA) is 53.1 Å². The molecule has 0 aliphatic carbocycles. The minimum Gasteiger partial charge on any atom is -0.497 e. The van der Waals surface area contributed by atoms with E-state index >= 15 is 0 Å². The molecular formula is C16H23N3O. The van der Waals surface area contributed by atoms with Crippen molar-refractivity contribution in [2.24, 2.45) is 7.05 Å². The van der Waals surface area contributed by atoms with Crippen molar-refractivity contribution in [3.8, 4) is 16.9 Å². The molecule has 0 atom stereocenters. The number of hydrogen-bond donors (Lipinski definition) is 1. The lowest BCUT2D eigenvalue weighted by atomic mass is 9.93. The summed E-state index contributed by atoms with van der Waals surface area (Å²) >= 11 is 0. The van der Waals surface area contributed by atoms with Gasteiger partial charge in [0.1, 0.15) is 11.6 Å². The molecule has 4 nitrogen and oxygen atoms in total. The van der Waals surface area contributed by atoms with Crippen LogP contribution in [0, 0.1) is 0 Å². The van der Waals surface area contributed by atoms with Crippen LogP contribution in [0.4, 0.5) is 5.82 Å². The van der Waals surface area contributed by atoms with Gasteiger partial charge in [0.2, 0.25) is 0 Å². The van der Waals surface area contributed by atoms with Gasteiger partial charge in [-0.05, 0) is 30.5 Å². The summed E-state index contributed by atoms with van der Waals surface area (Å²) in [7, 11) is 3.57. The van der Waals surface area contributed by atoms with Gasteiger partial charge in [0.25, 0.3) is 0 Å². The first-order valence-corrected chi connectivity index (χ1v) is 7.09. The summed E-state index contributed by atoms with van der Waals surface area (Å²) in [6.45, 7) is 4.38. The number of aromatic nitrogens is 2. The average molecular weight is 273 g/mol. The fourth-order valence-corrected chi connectivity index (χ4v) is 2.59. The van der Waals surface area contributed by atoms with Crippen LogP contribution in [-0.4, -0.2) is 16.9 Å². The first-order chi connectivity index (χ1) is 9.62. The Hall–Kier alpha value is -1.97. The molecule has 0 amide bonds. The third-order valence-corrected chi connectivity index (χ3v) is 3.85. The highest BCUT2D eigenvalue weighted by Gasteiger charge is 2.21. The summed E-state index contributed by atoms with van der Waals surface area (Å²) in [5.41, 5.74) is 9.43. The van der Waals surface area contributed by atoms with Gasteiger partial charge in [-0.25, -0.2) is 0 Å². The third kappa shape index (κ3) is 2.50. The average Bonchev–Trinajstić information content (AvgIpc) is 2.76. The van der Waals surface area contributed by atoms with Crippen molar-refractivity contribution in [3.63, 3.8) is 0 Å². The van der Waals surface area contributed by atoms with E-state index in [-0.39, 0.29) is 0 Å². The highest BCUT2D eigenvalue weighted by Crippen LogP contribution is 2.37. The zero-order valence-electron chi connectivity index (χ0n) is 12.7. The summed E-state index contributed by atoms with van der Waals surface area (Å²) in [4.78, 5) is 0. The van der Waals surface area contributed by atoms with E-state index in [1.165, 1.54) is 0 Å². The van der Waals surface area contributed by atoms with Gasteiger partial charge in [0.05, 0.1) is 12.8 Å². The number of anilines is 1. The van der Waals surface area contributed by atoms with Crippen LogP contribution in [0.1, 0.15) is 38.3 Å². The van der Waals surface area contributed by atoms with E-state index in [0.29, 0.717) is 11.7 Å². The van der Waals surface area contributed by atoms with Crippen LogP contribution in [-0.2, 0) is 7.05 Å². The van der Waals surface area contributed by atoms with E-state index in [1.54, 1.807) is 11.8 Å². The molecule has 2 N–H and O–H groups in total. The molecule has 1 heterocycles. The Morgan fingerprint density at radius 1 is 1.30 bits per heavy atom. The summed E-state index contributed by atoms with van der Waals surface area (Å²) < 4.78 is 7.07. The molecule has 0 aliphatic heterocycles. The number of nitrogens with two attached hydrogens (primary N) is 1. The quantitative estimate of drug-likeness (QED) is 0.906. The largest absolute Gasteiger partial charge is 0.497 e. The number of hydrogen-bond acceptors (Lipinski definition) is 3. The van der Waals surface area contributed by atoms with Crippen molar-refractivity contribution in [1.29, 1.82) is 0 Å². The van der Waals surface area contributed by atoms with Crippen LogP contribution in [0.3, 0.4) is 0 Å². The number of ether oxygens (including phenoxy) is 1. The van der Waals surface area contributed by atoms with Gasteiger partial charge in [0, 0.05) is 18.5 Å². The Labute approximate surface area is 120 Å². The van der Waals surface area contributed by atoms with Crippen molar-refractivity contribution >= 4 is 5.82 Å². The van der Waals surface area contributed by atoms with Gasteiger partial charge in [0.15, 0.2) is 0 Å². The number of nitrogens with zero attached hydrogens (tertiary/aromatic N) is 2. The Morgan fingerprint density at radius 2 is 2.00 bits per heavy atom. The van der Waals surface area contributed by atoms with Gasteiger partial charge in [-0.2, -0.15) is 5.10 Å². The second kappa shape index (κ2) is 5.99. The molecule has 0 saturated carbocycles. The number of rotatable bonds is 5. The fraction of sp³-hybridized carbons (Fsp3) is 0.438. The molecular weight excluding hydrogens is 250 g/mol. The third-order valence-electron chi connectivity index (χ3n) is 3.85. The minimum atomic E-state index is 0.430.